The maximum absolute atomic E-state index is 12.3. The first-order chi connectivity index (χ1) is 10.9. The molecule has 23 heavy (non-hydrogen) atoms. The van der Waals surface area contributed by atoms with Crippen LogP contribution < -0.4 is 4.74 Å². The highest BCUT2D eigenvalue weighted by molar-refractivity contribution is 6.02. The Kier molecular flexibility index (Phi) is 7.34. The Bertz CT molecular complexity index is 543. The van der Waals surface area contributed by atoms with Crippen molar-refractivity contribution in [3.05, 3.63) is 42.0 Å². The average Bonchev–Trinajstić information content (AvgIpc) is 2.58. The van der Waals surface area contributed by atoms with E-state index < -0.39 is 36.8 Å². The number of hydrogen-bond donors (Lipinski definition) is 5. The van der Waals surface area contributed by atoms with Gasteiger partial charge in [0.1, 0.15) is 30.2 Å². The molecule has 0 radical (unpaired) electrons. The molecule has 0 bridgehead atoms. The van der Waals surface area contributed by atoms with Gasteiger partial charge >= 0.3 is 0 Å². The van der Waals surface area contributed by atoms with Gasteiger partial charge in [-0.2, -0.15) is 0 Å². The fourth-order valence-corrected chi connectivity index (χ4v) is 2.07. The zero-order chi connectivity index (χ0) is 17.6. The van der Waals surface area contributed by atoms with Crippen LogP contribution in [-0.2, 0) is 6.42 Å². The summed E-state index contributed by atoms with van der Waals surface area (Å²) in [5.74, 6) is -0.665. The third-order valence-electron chi connectivity index (χ3n) is 3.43. The van der Waals surface area contributed by atoms with Gasteiger partial charge in [0.05, 0.1) is 19.3 Å². The van der Waals surface area contributed by atoms with E-state index in [0.717, 1.165) is 5.56 Å². The molecule has 7 heteroatoms. The Morgan fingerprint density at radius 1 is 1.26 bits per heavy atom. The van der Waals surface area contributed by atoms with Crippen molar-refractivity contribution < 1.29 is 35.1 Å². The van der Waals surface area contributed by atoms with Crippen molar-refractivity contribution >= 4 is 5.78 Å². The number of benzene rings is 1. The molecule has 0 aliphatic carbocycles. The number of methoxy groups -OCH3 is 1. The lowest BCUT2D eigenvalue weighted by Crippen LogP contribution is -2.48. The summed E-state index contributed by atoms with van der Waals surface area (Å²) in [5.41, 5.74) is 0.872. The second-order valence-corrected chi connectivity index (χ2v) is 5.07. The summed E-state index contributed by atoms with van der Waals surface area (Å²) in [5, 5.41) is 47.3. The van der Waals surface area contributed by atoms with E-state index >= 15 is 0 Å². The van der Waals surface area contributed by atoms with Gasteiger partial charge < -0.3 is 30.3 Å². The predicted octanol–water partition coefficient (Wildman–Crippen LogP) is -0.958. The molecule has 0 spiro atoms. The van der Waals surface area contributed by atoms with Crippen LogP contribution in [0.2, 0.25) is 0 Å². The summed E-state index contributed by atoms with van der Waals surface area (Å²) < 4.78 is 5.11. The van der Waals surface area contributed by atoms with Gasteiger partial charge in [-0.3, -0.25) is 4.79 Å². The van der Waals surface area contributed by atoms with E-state index in [0.29, 0.717) is 6.42 Å². The van der Waals surface area contributed by atoms with E-state index in [-0.39, 0.29) is 11.3 Å². The number of carbonyl (C=O) groups excluding carboxylic acids is 1. The standard InChI is InChI=1S/C16H22O7/c1-3-4-9-5-6-10(12(7-9)23-2)13(19)15(21)16(22)14(20)11(18)8-17/h3,5-7,11,14-18,20-22H,1,4,8H2,2H3/t11-,14-,15+,16+/m1/s1. The van der Waals surface area contributed by atoms with Crippen LogP contribution in [0, 0.1) is 0 Å². The second-order valence-electron chi connectivity index (χ2n) is 5.07. The molecular formula is C16H22O7. The summed E-state index contributed by atoms with van der Waals surface area (Å²) in [7, 11) is 1.36. The zero-order valence-electron chi connectivity index (χ0n) is 12.8. The molecule has 7 nitrogen and oxygen atoms in total. The molecule has 0 heterocycles. The molecule has 1 aromatic carbocycles. The highest BCUT2D eigenvalue weighted by Crippen LogP contribution is 2.23. The summed E-state index contributed by atoms with van der Waals surface area (Å²) in [4.78, 5) is 12.3. The monoisotopic (exact) mass is 326 g/mol. The Hall–Kier alpha value is -1.77. The van der Waals surface area contributed by atoms with Crippen LogP contribution in [-0.4, -0.2) is 69.4 Å². The number of aliphatic hydroxyl groups is 5. The third-order valence-corrected chi connectivity index (χ3v) is 3.43. The van der Waals surface area contributed by atoms with Gasteiger partial charge in [0.25, 0.3) is 0 Å². The second kappa shape index (κ2) is 8.76. The van der Waals surface area contributed by atoms with E-state index in [1.54, 1.807) is 18.2 Å². The SMILES string of the molecule is C=CCc1ccc(C(=O)[C@H](O)[C@@H](O)[C@H](O)[C@H](O)CO)c(OC)c1. The lowest BCUT2D eigenvalue weighted by molar-refractivity contribution is -0.105. The zero-order valence-corrected chi connectivity index (χ0v) is 12.8. The van der Waals surface area contributed by atoms with Gasteiger partial charge in [-0.1, -0.05) is 12.1 Å². The van der Waals surface area contributed by atoms with Crippen LogP contribution >= 0.6 is 0 Å². The van der Waals surface area contributed by atoms with Crippen molar-refractivity contribution in [2.45, 2.75) is 30.8 Å². The number of hydrogen-bond acceptors (Lipinski definition) is 7. The molecule has 1 aromatic rings. The summed E-state index contributed by atoms with van der Waals surface area (Å²) in [6.45, 7) is 2.79. The predicted molar refractivity (Wildman–Crippen MR) is 82.3 cm³/mol. The van der Waals surface area contributed by atoms with Gasteiger partial charge in [0.15, 0.2) is 5.78 Å². The Labute approximate surface area is 134 Å². The molecular weight excluding hydrogens is 304 g/mol. The van der Waals surface area contributed by atoms with Crippen LogP contribution in [0.5, 0.6) is 5.75 Å². The first-order valence-corrected chi connectivity index (χ1v) is 7.02. The van der Waals surface area contributed by atoms with Gasteiger partial charge in [-0.15, -0.1) is 6.58 Å². The minimum Gasteiger partial charge on any atom is -0.496 e. The molecule has 4 atom stereocenters. The number of carbonyl (C=O) groups is 1. The van der Waals surface area contributed by atoms with E-state index in [1.807, 2.05) is 0 Å². The van der Waals surface area contributed by atoms with Crippen molar-refractivity contribution in [2.75, 3.05) is 13.7 Å². The maximum Gasteiger partial charge on any atom is 0.197 e. The first-order valence-electron chi connectivity index (χ1n) is 7.02. The van der Waals surface area contributed by atoms with Crippen LogP contribution in [0.15, 0.2) is 30.9 Å². The molecule has 0 amide bonds. The minimum absolute atomic E-state index is 0.0255. The number of rotatable bonds is 9. The van der Waals surface area contributed by atoms with Crippen LogP contribution in [0.4, 0.5) is 0 Å². The topological polar surface area (TPSA) is 127 Å². The van der Waals surface area contributed by atoms with Crippen molar-refractivity contribution in [1.29, 1.82) is 0 Å². The number of ether oxygens (including phenoxy) is 1. The fraction of sp³-hybridized carbons (Fsp3) is 0.438. The van der Waals surface area contributed by atoms with Crippen molar-refractivity contribution in [3.8, 4) is 5.75 Å². The third kappa shape index (κ3) is 4.60. The van der Waals surface area contributed by atoms with E-state index in [9.17, 15) is 25.2 Å². The summed E-state index contributed by atoms with van der Waals surface area (Å²) in [6.07, 6.45) is -5.24. The van der Waals surface area contributed by atoms with E-state index in [1.165, 1.54) is 13.2 Å². The van der Waals surface area contributed by atoms with Gasteiger partial charge in [0.2, 0.25) is 0 Å². The number of allylic oxidation sites excluding steroid dienone is 1. The van der Waals surface area contributed by atoms with Crippen LogP contribution in [0.25, 0.3) is 0 Å². The van der Waals surface area contributed by atoms with Crippen molar-refractivity contribution in [3.63, 3.8) is 0 Å². The fourth-order valence-electron chi connectivity index (χ4n) is 2.07. The first kappa shape index (κ1) is 19.3. The number of Topliss-reactive ketones (excluding diaryl/α,β-unsaturated/α-hetero) is 1. The lowest BCUT2D eigenvalue weighted by atomic mass is 9.95. The molecule has 0 aliphatic heterocycles. The molecule has 0 saturated heterocycles. The Balaban J connectivity index is 3.01. The number of ketones is 1. The number of aliphatic hydroxyl groups excluding tert-OH is 5. The van der Waals surface area contributed by atoms with Gasteiger partial charge in [0, 0.05) is 0 Å². The Morgan fingerprint density at radius 2 is 1.91 bits per heavy atom. The van der Waals surface area contributed by atoms with Crippen molar-refractivity contribution in [2.24, 2.45) is 0 Å². The smallest absolute Gasteiger partial charge is 0.197 e. The quantitative estimate of drug-likeness (QED) is 0.292. The van der Waals surface area contributed by atoms with Gasteiger partial charge in [-0.05, 0) is 24.1 Å². The molecule has 0 aliphatic rings. The maximum atomic E-state index is 12.3. The van der Waals surface area contributed by atoms with Crippen LogP contribution in [0.1, 0.15) is 15.9 Å². The van der Waals surface area contributed by atoms with Crippen molar-refractivity contribution in [1.82, 2.24) is 0 Å². The highest BCUT2D eigenvalue weighted by Gasteiger charge is 2.35. The molecule has 0 aromatic heterocycles. The molecule has 0 unspecified atom stereocenters. The average molecular weight is 326 g/mol. The minimum atomic E-state index is -1.98. The normalized spacial score (nSPS) is 16.3. The van der Waals surface area contributed by atoms with Gasteiger partial charge in [-0.25, -0.2) is 0 Å². The summed E-state index contributed by atoms with van der Waals surface area (Å²) in [6, 6.07) is 4.69. The molecule has 5 N–H and O–H groups in total. The molecule has 128 valence electrons. The Morgan fingerprint density at radius 3 is 2.43 bits per heavy atom. The summed E-state index contributed by atoms with van der Waals surface area (Å²) >= 11 is 0. The highest BCUT2D eigenvalue weighted by atomic mass is 16.5. The largest absolute Gasteiger partial charge is 0.496 e. The van der Waals surface area contributed by atoms with E-state index in [2.05, 4.69) is 6.58 Å². The molecule has 0 fully saturated rings. The molecule has 1 rings (SSSR count). The lowest BCUT2D eigenvalue weighted by Gasteiger charge is -2.25. The molecule has 0 saturated carbocycles. The van der Waals surface area contributed by atoms with E-state index in [4.69, 9.17) is 9.84 Å². The van der Waals surface area contributed by atoms with Crippen LogP contribution in [0.3, 0.4) is 0 Å².